The highest BCUT2D eigenvalue weighted by Gasteiger charge is 2.14. The predicted octanol–water partition coefficient (Wildman–Crippen LogP) is 0.907. The molecule has 88 valence electrons. The summed E-state index contributed by atoms with van der Waals surface area (Å²) in [5, 5.41) is 30.3. The first kappa shape index (κ1) is 11.1. The molecule has 0 radical (unpaired) electrons. The topological polar surface area (TPSA) is 116 Å². The molecule has 0 aliphatic carbocycles. The minimum absolute atomic E-state index is 0.00648. The lowest BCUT2D eigenvalue weighted by atomic mass is 10.1. The number of anilines is 1. The van der Waals surface area contributed by atoms with Crippen LogP contribution in [-0.2, 0) is 0 Å². The van der Waals surface area contributed by atoms with E-state index in [1.54, 1.807) is 0 Å². The number of carbonyl (C=O) groups is 1. The standard InChI is InChI=1S/C9H7N3O4S/c13-5-1-4(2-6(14)7(5)15)8(16)12-9-10-3-11-17-9/h1-3,13-15H,(H,10,11,12,16). The van der Waals surface area contributed by atoms with Crippen molar-refractivity contribution in [3.63, 3.8) is 0 Å². The van der Waals surface area contributed by atoms with Crippen molar-refractivity contribution >= 4 is 22.6 Å². The molecule has 0 bridgehead atoms. The molecule has 17 heavy (non-hydrogen) atoms. The zero-order valence-corrected chi connectivity index (χ0v) is 9.10. The van der Waals surface area contributed by atoms with Crippen LogP contribution < -0.4 is 5.32 Å². The van der Waals surface area contributed by atoms with Gasteiger partial charge in [0.1, 0.15) is 6.33 Å². The van der Waals surface area contributed by atoms with E-state index in [2.05, 4.69) is 14.7 Å². The predicted molar refractivity (Wildman–Crippen MR) is 59.3 cm³/mol. The third-order valence-electron chi connectivity index (χ3n) is 1.91. The monoisotopic (exact) mass is 253 g/mol. The van der Waals surface area contributed by atoms with Crippen LogP contribution in [0.1, 0.15) is 10.4 Å². The van der Waals surface area contributed by atoms with Gasteiger partial charge >= 0.3 is 0 Å². The summed E-state index contributed by atoms with van der Waals surface area (Å²) in [6.07, 6.45) is 1.28. The summed E-state index contributed by atoms with van der Waals surface area (Å²) in [5.74, 6) is -2.40. The summed E-state index contributed by atoms with van der Waals surface area (Å²) in [6, 6.07) is 2.07. The quantitative estimate of drug-likeness (QED) is 0.591. The molecule has 1 aromatic heterocycles. The summed E-state index contributed by atoms with van der Waals surface area (Å²) in [6.45, 7) is 0. The van der Waals surface area contributed by atoms with Gasteiger partial charge in [-0.05, 0) is 12.1 Å². The van der Waals surface area contributed by atoms with Crippen LogP contribution in [-0.4, -0.2) is 30.6 Å². The van der Waals surface area contributed by atoms with Crippen molar-refractivity contribution in [2.75, 3.05) is 5.32 Å². The summed E-state index contributed by atoms with van der Waals surface area (Å²) >= 11 is 0.990. The summed E-state index contributed by atoms with van der Waals surface area (Å²) in [5.41, 5.74) is -0.00648. The average Bonchev–Trinajstić information content (AvgIpc) is 2.77. The largest absolute Gasteiger partial charge is 0.504 e. The normalized spacial score (nSPS) is 10.1. The number of amides is 1. The lowest BCUT2D eigenvalue weighted by Crippen LogP contribution is -2.11. The fourth-order valence-corrected chi connectivity index (χ4v) is 1.56. The molecule has 0 aliphatic rings. The van der Waals surface area contributed by atoms with Crippen LogP contribution >= 0.6 is 11.5 Å². The van der Waals surface area contributed by atoms with Crippen molar-refractivity contribution in [2.45, 2.75) is 0 Å². The Labute approximate surface area is 99.2 Å². The second kappa shape index (κ2) is 4.26. The maximum absolute atomic E-state index is 11.7. The maximum atomic E-state index is 11.7. The number of aromatic hydroxyl groups is 3. The Morgan fingerprint density at radius 2 is 1.88 bits per heavy atom. The number of phenols is 3. The smallest absolute Gasteiger partial charge is 0.257 e. The van der Waals surface area contributed by atoms with Gasteiger partial charge < -0.3 is 15.3 Å². The van der Waals surface area contributed by atoms with E-state index in [4.69, 9.17) is 5.11 Å². The van der Waals surface area contributed by atoms with Crippen molar-refractivity contribution in [1.82, 2.24) is 9.36 Å². The van der Waals surface area contributed by atoms with Crippen LogP contribution in [0.3, 0.4) is 0 Å². The lowest BCUT2D eigenvalue weighted by Gasteiger charge is -2.05. The molecule has 1 amide bonds. The zero-order chi connectivity index (χ0) is 12.4. The number of nitrogens with one attached hydrogen (secondary N) is 1. The van der Waals surface area contributed by atoms with E-state index in [1.807, 2.05) is 0 Å². The highest BCUT2D eigenvalue weighted by Crippen LogP contribution is 2.35. The lowest BCUT2D eigenvalue weighted by molar-refractivity contribution is 0.102. The molecule has 2 aromatic rings. The van der Waals surface area contributed by atoms with E-state index in [1.165, 1.54) is 6.33 Å². The van der Waals surface area contributed by atoms with Crippen LogP contribution in [0.25, 0.3) is 0 Å². The molecule has 0 saturated heterocycles. The molecule has 1 aromatic carbocycles. The van der Waals surface area contributed by atoms with Crippen LogP contribution in [0.5, 0.6) is 17.2 Å². The van der Waals surface area contributed by atoms with Crippen molar-refractivity contribution in [1.29, 1.82) is 0 Å². The van der Waals surface area contributed by atoms with Crippen molar-refractivity contribution in [3.8, 4) is 17.2 Å². The number of carbonyl (C=O) groups excluding carboxylic acids is 1. The highest BCUT2D eigenvalue weighted by molar-refractivity contribution is 7.09. The molecular formula is C9H7N3O4S. The van der Waals surface area contributed by atoms with E-state index in [0.29, 0.717) is 5.13 Å². The average molecular weight is 253 g/mol. The van der Waals surface area contributed by atoms with E-state index in [9.17, 15) is 15.0 Å². The third kappa shape index (κ3) is 2.26. The van der Waals surface area contributed by atoms with Gasteiger partial charge in [-0.1, -0.05) is 0 Å². The summed E-state index contributed by atoms with van der Waals surface area (Å²) in [7, 11) is 0. The Morgan fingerprint density at radius 3 is 2.41 bits per heavy atom. The molecule has 1 heterocycles. The van der Waals surface area contributed by atoms with Gasteiger partial charge in [-0.25, -0.2) is 4.98 Å². The van der Waals surface area contributed by atoms with E-state index in [0.717, 1.165) is 23.7 Å². The SMILES string of the molecule is O=C(Nc1ncns1)c1cc(O)c(O)c(O)c1. The Kier molecular flexibility index (Phi) is 2.79. The Balaban J connectivity index is 2.26. The molecule has 0 fully saturated rings. The fraction of sp³-hybridized carbons (Fsp3) is 0. The first-order valence-electron chi connectivity index (χ1n) is 4.41. The number of phenolic OH excluding ortho intramolecular Hbond substituents is 3. The Hall–Kier alpha value is -2.35. The fourth-order valence-electron chi connectivity index (χ4n) is 1.13. The molecular weight excluding hydrogens is 246 g/mol. The first-order chi connectivity index (χ1) is 8.08. The van der Waals surface area contributed by atoms with Crippen molar-refractivity contribution < 1.29 is 20.1 Å². The van der Waals surface area contributed by atoms with Crippen molar-refractivity contribution in [2.24, 2.45) is 0 Å². The van der Waals surface area contributed by atoms with Crippen LogP contribution in [0, 0.1) is 0 Å². The van der Waals surface area contributed by atoms with Gasteiger partial charge in [-0.15, -0.1) is 0 Å². The van der Waals surface area contributed by atoms with E-state index >= 15 is 0 Å². The Bertz CT molecular complexity index is 532. The maximum Gasteiger partial charge on any atom is 0.257 e. The molecule has 0 saturated carbocycles. The number of benzene rings is 1. The molecule has 7 nitrogen and oxygen atoms in total. The van der Waals surface area contributed by atoms with Gasteiger partial charge in [-0.2, -0.15) is 4.37 Å². The van der Waals surface area contributed by atoms with Crippen molar-refractivity contribution in [3.05, 3.63) is 24.0 Å². The third-order valence-corrected chi connectivity index (χ3v) is 2.49. The second-order valence-corrected chi connectivity index (χ2v) is 3.84. The number of rotatable bonds is 2. The summed E-state index contributed by atoms with van der Waals surface area (Å²) < 4.78 is 3.70. The highest BCUT2D eigenvalue weighted by atomic mass is 32.1. The van der Waals surface area contributed by atoms with Gasteiger partial charge in [-0.3, -0.25) is 10.1 Å². The number of hydrogen-bond acceptors (Lipinski definition) is 7. The van der Waals surface area contributed by atoms with Gasteiger partial charge in [0, 0.05) is 17.1 Å². The minimum atomic E-state index is -0.669. The summed E-state index contributed by atoms with van der Waals surface area (Å²) in [4.78, 5) is 15.4. The molecule has 4 N–H and O–H groups in total. The van der Waals surface area contributed by atoms with Gasteiger partial charge in [0.2, 0.25) is 5.13 Å². The molecule has 0 aliphatic heterocycles. The first-order valence-corrected chi connectivity index (χ1v) is 5.18. The van der Waals surface area contributed by atoms with Crippen LogP contribution in [0.2, 0.25) is 0 Å². The molecule has 0 atom stereocenters. The van der Waals surface area contributed by atoms with Gasteiger partial charge in [0.05, 0.1) is 0 Å². The Morgan fingerprint density at radius 1 is 1.24 bits per heavy atom. The molecule has 8 heteroatoms. The van der Waals surface area contributed by atoms with E-state index < -0.39 is 23.2 Å². The zero-order valence-electron chi connectivity index (χ0n) is 8.28. The molecule has 0 unspecified atom stereocenters. The minimum Gasteiger partial charge on any atom is -0.504 e. The number of aromatic nitrogens is 2. The molecule has 0 spiro atoms. The number of nitrogens with zero attached hydrogens (tertiary/aromatic N) is 2. The second-order valence-electron chi connectivity index (χ2n) is 3.06. The van der Waals surface area contributed by atoms with Crippen LogP contribution in [0.15, 0.2) is 18.5 Å². The van der Waals surface area contributed by atoms with Gasteiger partial charge in [0.15, 0.2) is 17.2 Å². The van der Waals surface area contributed by atoms with Crippen LogP contribution in [0.4, 0.5) is 5.13 Å². The molecule has 2 rings (SSSR count). The van der Waals surface area contributed by atoms with E-state index in [-0.39, 0.29) is 5.56 Å². The van der Waals surface area contributed by atoms with Gasteiger partial charge in [0.25, 0.3) is 5.91 Å². The number of hydrogen-bond donors (Lipinski definition) is 4.